The first-order valence-electron chi connectivity index (χ1n) is 7.80. The molecule has 5 nitrogen and oxygen atoms in total. The number of carbonyl (C=O) groups excluding carboxylic acids is 1. The summed E-state index contributed by atoms with van der Waals surface area (Å²) in [6, 6.07) is 0.745. The second kappa shape index (κ2) is 5.48. The highest BCUT2D eigenvalue weighted by Crippen LogP contribution is 2.38. The van der Waals surface area contributed by atoms with Crippen LogP contribution in [-0.2, 0) is 0 Å². The molecule has 1 amide bonds. The molecule has 1 saturated carbocycles. The Labute approximate surface area is 130 Å². The summed E-state index contributed by atoms with van der Waals surface area (Å²) < 4.78 is 4.24. The summed E-state index contributed by atoms with van der Waals surface area (Å²) >= 11 is 1.36. The first-order valence-corrected chi connectivity index (χ1v) is 8.57. The lowest BCUT2D eigenvalue weighted by atomic mass is 9.86. The minimum absolute atomic E-state index is 0.0585. The average Bonchev–Trinajstić information content (AvgIpc) is 3.14. The number of hydrogen-bond acceptors (Lipinski definition) is 5. The molecule has 3 unspecified atom stereocenters. The number of carbonyl (C=O) groups is 1. The van der Waals surface area contributed by atoms with Crippen molar-refractivity contribution >= 4 is 28.3 Å². The van der Waals surface area contributed by atoms with E-state index in [2.05, 4.69) is 35.4 Å². The van der Waals surface area contributed by atoms with E-state index in [-0.39, 0.29) is 5.91 Å². The molecule has 2 fully saturated rings. The van der Waals surface area contributed by atoms with E-state index in [1.165, 1.54) is 18.0 Å². The Morgan fingerprint density at radius 1 is 1.38 bits per heavy atom. The molecule has 0 radical (unpaired) electrons. The van der Waals surface area contributed by atoms with Crippen molar-refractivity contribution in [3.05, 3.63) is 5.56 Å². The van der Waals surface area contributed by atoms with Crippen molar-refractivity contribution in [1.82, 2.24) is 9.69 Å². The number of nitrogens with two attached hydrogens (primary N) is 1. The number of nitrogen functional groups attached to an aromatic ring is 1. The van der Waals surface area contributed by atoms with Crippen LogP contribution >= 0.6 is 11.5 Å². The normalized spacial score (nSPS) is 29.5. The predicted octanol–water partition coefficient (Wildman–Crippen LogP) is 2.49. The number of amides is 1. The maximum Gasteiger partial charge on any atom is 0.258 e. The highest BCUT2D eigenvalue weighted by molar-refractivity contribution is 7.11. The second-order valence-electron chi connectivity index (χ2n) is 6.71. The second-order valence-corrected chi connectivity index (χ2v) is 7.46. The van der Waals surface area contributed by atoms with Crippen LogP contribution in [0.15, 0.2) is 0 Å². The Bertz CT molecular complexity index is 540. The Morgan fingerprint density at radius 2 is 2.10 bits per heavy atom. The third-order valence-electron chi connectivity index (χ3n) is 4.70. The number of anilines is 2. The van der Waals surface area contributed by atoms with Gasteiger partial charge in [0, 0.05) is 18.6 Å². The summed E-state index contributed by atoms with van der Waals surface area (Å²) in [5.41, 5.74) is 6.56. The van der Waals surface area contributed by atoms with Crippen LogP contribution in [-0.4, -0.2) is 28.9 Å². The van der Waals surface area contributed by atoms with E-state index in [0.29, 0.717) is 35.3 Å². The average molecular weight is 308 g/mol. The Kier molecular flexibility index (Phi) is 3.82. The zero-order valence-electron chi connectivity index (χ0n) is 12.9. The molecular formula is C15H24N4OS. The number of hydrogen-bond donors (Lipinski definition) is 2. The largest absolute Gasteiger partial charge is 0.382 e. The molecule has 3 N–H and O–H groups in total. The number of nitrogens with one attached hydrogen (secondary N) is 1. The van der Waals surface area contributed by atoms with E-state index in [4.69, 9.17) is 5.73 Å². The van der Waals surface area contributed by atoms with Crippen LogP contribution in [0.5, 0.6) is 0 Å². The fourth-order valence-electron chi connectivity index (χ4n) is 3.17. The van der Waals surface area contributed by atoms with Crippen LogP contribution in [0.2, 0.25) is 0 Å². The van der Waals surface area contributed by atoms with Crippen molar-refractivity contribution in [1.29, 1.82) is 0 Å². The van der Waals surface area contributed by atoms with Crippen LogP contribution in [0.25, 0.3) is 0 Å². The van der Waals surface area contributed by atoms with Crippen LogP contribution < -0.4 is 16.0 Å². The van der Waals surface area contributed by atoms with Crippen LogP contribution in [0.1, 0.15) is 50.4 Å². The molecule has 3 rings (SSSR count). The van der Waals surface area contributed by atoms with Gasteiger partial charge in [0.1, 0.15) is 10.6 Å². The zero-order chi connectivity index (χ0) is 15.1. The summed E-state index contributed by atoms with van der Waals surface area (Å²) in [6.07, 6.45) is 3.38. The molecule has 1 saturated heterocycles. The van der Waals surface area contributed by atoms with E-state index in [9.17, 15) is 4.79 Å². The van der Waals surface area contributed by atoms with E-state index >= 15 is 0 Å². The number of piperidine rings is 1. The topological polar surface area (TPSA) is 71.2 Å². The highest BCUT2D eigenvalue weighted by atomic mass is 32.1. The summed E-state index contributed by atoms with van der Waals surface area (Å²) in [7, 11) is 0. The summed E-state index contributed by atoms with van der Waals surface area (Å²) in [4.78, 5) is 14.8. The maximum absolute atomic E-state index is 12.5. The molecule has 2 aliphatic rings. The molecule has 1 aliphatic carbocycles. The van der Waals surface area contributed by atoms with Crippen molar-refractivity contribution in [3.8, 4) is 0 Å². The molecule has 116 valence electrons. The Balaban J connectivity index is 1.88. The summed E-state index contributed by atoms with van der Waals surface area (Å²) in [5.74, 6) is 1.54. The minimum Gasteiger partial charge on any atom is -0.382 e. The lowest BCUT2D eigenvalue weighted by molar-refractivity contribution is 0.0952. The first kappa shape index (κ1) is 14.6. The summed E-state index contributed by atoms with van der Waals surface area (Å²) in [6.45, 7) is 7.75. The lowest BCUT2D eigenvalue weighted by Gasteiger charge is -2.42. The van der Waals surface area contributed by atoms with Gasteiger partial charge in [-0.3, -0.25) is 4.79 Å². The molecule has 2 heterocycles. The molecule has 0 aromatic carbocycles. The van der Waals surface area contributed by atoms with Gasteiger partial charge in [0.05, 0.1) is 0 Å². The fraction of sp³-hybridized carbons (Fsp3) is 0.733. The van der Waals surface area contributed by atoms with Crippen LogP contribution in [0, 0.1) is 11.8 Å². The van der Waals surface area contributed by atoms with E-state index < -0.39 is 0 Å². The smallest absolute Gasteiger partial charge is 0.258 e. The zero-order valence-corrected chi connectivity index (χ0v) is 13.7. The Hall–Kier alpha value is -1.30. The van der Waals surface area contributed by atoms with E-state index in [1.807, 2.05) is 0 Å². The molecule has 21 heavy (non-hydrogen) atoms. The van der Waals surface area contributed by atoms with Crippen LogP contribution in [0.4, 0.5) is 10.8 Å². The van der Waals surface area contributed by atoms with E-state index in [1.54, 1.807) is 0 Å². The maximum atomic E-state index is 12.5. The van der Waals surface area contributed by atoms with Crippen molar-refractivity contribution in [2.75, 3.05) is 17.2 Å². The third kappa shape index (κ3) is 2.86. The predicted molar refractivity (Wildman–Crippen MR) is 86.8 cm³/mol. The van der Waals surface area contributed by atoms with Gasteiger partial charge in [-0.2, -0.15) is 4.37 Å². The lowest BCUT2D eigenvalue weighted by Crippen LogP contribution is -2.46. The van der Waals surface area contributed by atoms with Gasteiger partial charge in [-0.05, 0) is 49.6 Å². The van der Waals surface area contributed by atoms with Gasteiger partial charge < -0.3 is 16.0 Å². The van der Waals surface area contributed by atoms with Crippen LogP contribution in [0.3, 0.4) is 0 Å². The highest BCUT2D eigenvalue weighted by Gasteiger charge is 2.34. The molecular weight excluding hydrogens is 284 g/mol. The fourth-order valence-corrected chi connectivity index (χ4v) is 4.08. The molecule has 1 aromatic rings. The number of aromatic nitrogens is 1. The SMILES string of the molecule is CC1CC(C)C(C)N(c2snc(N)c2C(=O)NC2CC2)C1. The molecule has 3 atom stereocenters. The van der Waals surface area contributed by atoms with Crippen molar-refractivity contribution in [2.24, 2.45) is 11.8 Å². The van der Waals surface area contributed by atoms with Gasteiger partial charge >= 0.3 is 0 Å². The van der Waals surface area contributed by atoms with Gasteiger partial charge in [-0.15, -0.1) is 0 Å². The van der Waals surface area contributed by atoms with Gasteiger partial charge in [0.2, 0.25) is 0 Å². The van der Waals surface area contributed by atoms with E-state index in [0.717, 1.165) is 24.4 Å². The van der Waals surface area contributed by atoms with Gasteiger partial charge in [-0.1, -0.05) is 13.8 Å². The van der Waals surface area contributed by atoms with Gasteiger partial charge in [-0.25, -0.2) is 0 Å². The molecule has 1 aromatic heterocycles. The molecule has 0 spiro atoms. The Morgan fingerprint density at radius 3 is 2.76 bits per heavy atom. The standard InChI is InChI=1S/C15H24N4OS/c1-8-6-9(2)10(3)19(7-8)15-12(13(16)18-21-15)14(20)17-11-4-5-11/h8-11H,4-7H2,1-3H3,(H2,16,18)(H,17,20). The summed E-state index contributed by atoms with van der Waals surface area (Å²) in [5, 5.41) is 3.98. The monoisotopic (exact) mass is 308 g/mol. The quantitative estimate of drug-likeness (QED) is 0.900. The van der Waals surface area contributed by atoms with Crippen molar-refractivity contribution in [3.63, 3.8) is 0 Å². The molecule has 1 aliphatic heterocycles. The van der Waals surface area contributed by atoms with Gasteiger partial charge in [0.15, 0.2) is 5.82 Å². The van der Waals surface area contributed by atoms with Crippen molar-refractivity contribution in [2.45, 2.75) is 52.1 Å². The minimum atomic E-state index is -0.0585. The number of nitrogens with zero attached hydrogens (tertiary/aromatic N) is 2. The molecule has 0 bridgehead atoms. The third-order valence-corrected chi connectivity index (χ3v) is 5.60. The number of rotatable bonds is 3. The first-order chi connectivity index (χ1) is 9.97. The molecule has 6 heteroatoms. The van der Waals surface area contributed by atoms with Gasteiger partial charge in [0.25, 0.3) is 5.91 Å². The van der Waals surface area contributed by atoms with Crippen molar-refractivity contribution < 1.29 is 4.79 Å².